The van der Waals surface area contributed by atoms with Gasteiger partial charge >= 0.3 is 6.18 Å². The van der Waals surface area contributed by atoms with Crippen molar-refractivity contribution in [1.29, 1.82) is 0 Å². The smallest absolute Gasteiger partial charge is 0.359 e. The summed E-state index contributed by atoms with van der Waals surface area (Å²) in [6.07, 6.45) is -0.644. The van der Waals surface area contributed by atoms with E-state index in [1.807, 2.05) is 30.8 Å². The molecule has 10 heteroatoms. The van der Waals surface area contributed by atoms with Crippen LogP contribution in [0.5, 0.6) is 0 Å². The van der Waals surface area contributed by atoms with Crippen LogP contribution in [0.3, 0.4) is 0 Å². The third-order valence-electron chi connectivity index (χ3n) is 4.27. The Morgan fingerprint density at radius 1 is 1.30 bits per heavy atom. The van der Waals surface area contributed by atoms with Gasteiger partial charge in [-0.15, -0.1) is 0 Å². The number of anilines is 1. The Kier molecular flexibility index (Phi) is 5.97. The first-order valence-electron chi connectivity index (χ1n) is 8.76. The Labute approximate surface area is 160 Å². The van der Waals surface area contributed by atoms with Crippen LogP contribution in [-0.2, 0) is 12.6 Å². The molecule has 2 aromatic rings. The summed E-state index contributed by atoms with van der Waals surface area (Å²) in [4.78, 5) is 16.5. The lowest BCUT2D eigenvalue weighted by Crippen LogP contribution is -2.49. The zero-order valence-corrected chi connectivity index (χ0v) is 16.4. The lowest BCUT2D eigenvalue weighted by molar-refractivity contribution is -0.137. The molecule has 1 aliphatic heterocycles. The largest absolute Gasteiger partial charge is 0.443 e. The molecule has 27 heavy (non-hydrogen) atoms. The standard InChI is InChI=1S/C17H23F3N6S/c1-11-10-26(7-5-21-11)15-14(24-16(27-15)17(18,19)20)12-8-22-13(23-9-12)4-6-25(2)3/h8-9,11,21H,4-7,10H2,1-3H3. The molecule has 3 rings (SSSR count). The highest BCUT2D eigenvalue weighted by Gasteiger charge is 2.37. The highest BCUT2D eigenvalue weighted by Crippen LogP contribution is 2.42. The highest BCUT2D eigenvalue weighted by molar-refractivity contribution is 7.16. The Morgan fingerprint density at radius 2 is 2.00 bits per heavy atom. The van der Waals surface area contributed by atoms with E-state index in [9.17, 15) is 13.2 Å². The summed E-state index contributed by atoms with van der Waals surface area (Å²) in [5.74, 6) is 0.663. The van der Waals surface area contributed by atoms with Crippen LogP contribution in [-0.4, -0.2) is 66.2 Å². The number of rotatable bonds is 5. The van der Waals surface area contributed by atoms with Crippen molar-refractivity contribution in [3.63, 3.8) is 0 Å². The Balaban J connectivity index is 1.92. The van der Waals surface area contributed by atoms with Crippen LogP contribution in [0.1, 0.15) is 17.8 Å². The molecule has 1 aliphatic rings. The van der Waals surface area contributed by atoms with Gasteiger partial charge in [0.2, 0.25) is 5.01 Å². The predicted octanol–water partition coefficient (Wildman–Crippen LogP) is 2.52. The van der Waals surface area contributed by atoms with Gasteiger partial charge in [0, 0.05) is 56.6 Å². The molecular weight excluding hydrogens is 377 g/mol. The quantitative estimate of drug-likeness (QED) is 0.833. The van der Waals surface area contributed by atoms with E-state index in [0.29, 0.717) is 52.9 Å². The van der Waals surface area contributed by atoms with Crippen molar-refractivity contribution in [2.24, 2.45) is 0 Å². The number of halogens is 3. The molecule has 0 aliphatic carbocycles. The lowest BCUT2D eigenvalue weighted by Gasteiger charge is -2.32. The molecule has 0 bridgehead atoms. The van der Waals surface area contributed by atoms with E-state index in [0.717, 1.165) is 13.1 Å². The third-order valence-corrected chi connectivity index (χ3v) is 5.43. The number of aromatic nitrogens is 3. The van der Waals surface area contributed by atoms with Crippen molar-refractivity contribution >= 4 is 16.3 Å². The molecule has 6 nitrogen and oxygen atoms in total. The number of thiazole rings is 1. The summed E-state index contributed by atoms with van der Waals surface area (Å²) in [5.41, 5.74) is 0.817. The highest BCUT2D eigenvalue weighted by atomic mass is 32.1. The number of piperazine rings is 1. The van der Waals surface area contributed by atoms with Gasteiger partial charge in [-0.25, -0.2) is 15.0 Å². The van der Waals surface area contributed by atoms with Crippen LogP contribution in [0.4, 0.5) is 18.2 Å². The van der Waals surface area contributed by atoms with E-state index in [-0.39, 0.29) is 6.04 Å². The third kappa shape index (κ3) is 4.94. The van der Waals surface area contributed by atoms with Crippen LogP contribution >= 0.6 is 11.3 Å². The van der Waals surface area contributed by atoms with Crippen molar-refractivity contribution in [2.75, 3.05) is 45.2 Å². The van der Waals surface area contributed by atoms with Crippen LogP contribution in [0.15, 0.2) is 12.4 Å². The van der Waals surface area contributed by atoms with Gasteiger partial charge in [-0.1, -0.05) is 11.3 Å². The van der Waals surface area contributed by atoms with E-state index in [4.69, 9.17) is 0 Å². The van der Waals surface area contributed by atoms with Crippen LogP contribution in [0.2, 0.25) is 0 Å². The van der Waals surface area contributed by atoms with Gasteiger partial charge in [0.15, 0.2) is 0 Å². The van der Waals surface area contributed by atoms with Crippen molar-refractivity contribution in [3.05, 3.63) is 23.2 Å². The fourth-order valence-electron chi connectivity index (χ4n) is 2.88. The van der Waals surface area contributed by atoms with Crippen molar-refractivity contribution < 1.29 is 13.2 Å². The van der Waals surface area contributed by atoms with Gasteiger partial charge in [-0.2, -0.15) is 13.2 Å². The summed E-state index contributed by atoms with van der Waals surface area (Å²) in [7, 11) is 3.92. The number of likely N-dealkylation sites (N-methyl/N-ethyl adjacent to an activating group) is 1. The summed E-state index contributed by atoms with van der Waals surface area (Å²) >= 11 is 0.688. The van der Waals surface area contributed by atoms with Gasteiger partial charge in [0.1, 0.15) is 16.5 Å². The van der Waals surface area contributed by atoms with Gasteiger partial charge in [-0.3, -0.25) is 0 Å². The van der Waals surface area contributed by atoms with Gasteiger partial charge < -0.3 is 15.1 Å². The number of hydrogen-bond donors (Lipinski definition) is 1. The molecule has 148 valence electrons. The van der Waals surface area contributed by atoms with E-state index in [1.54, 1.807) is 12.4 Å². The fraction of sp³-hybridized carbons (Fsp3) is 0.588. The van der Waals surface area contributed by atoms with Crippen molar-refractivity contribution in [3.8, 4) is 11.3 Å². The molecule has 0 saturated carbocycles. The maximum atomic E-state index is 13.3. The second-order valence-electron chi connectivity index (χ2n) is 6.91. The Hall–Kier alpha value is -1.78. The summed E-state index contributed by atoms with van der Waals surface area (Å²) < 4.78 is 39.8. The van der Waals surface area contributed by atoms with Gasteiger partial charge in [-0.05, 0) is 21.0 Å². The molecule has 0 spiro atoms. The fourth-order valence-corrected chi connectivity index (χ4v) is 3.87. The minimum atomic E-state index is -4.47. The summed E-state index contributed by atoms with van der Waals surface area (Å²) in [6, 6.07) is 0.202. The van der Waals surface area contributed by atoms with E-state index < -0.39 is 11.2 Å². The normalized spacial score (nSPS) is 18.3. The van der Waals surface area contributed by atoms with E-state index in [2.05, 4.69) is 20.3 Å². The Morgan fingerprint density at radius 3 is 2.59 bits per heavy atom. The first-order valence-corrected chi connectivity index (χ1v) is 9.58. The second kappa shape index (κ2) is 8.07. The second-order valence-corrected chi connectivity index (χ2v) is 7.89. The monoisotopic (exact) mass is 400 g/mol. The first-order chi connectivity index (χ1) is 12.7. The van der Waals surface area contributed by atoms with Crippen LogP contribution in [0, 0.1) is 0 Å². The molecule has 0 aromatic carbocycles. The minimum Gasteiger partial charge on any atom is -0.359 e. The maximum absolute atomic E-state index is 13.3. The molecule has 0 amide bonds. The minimum absolute atomic E-state index is 0.202. The molecule has 1 unspecified atom stereocenters. The first kappa shape index (κ1) is 20.0. The number of nitrogens with one attached hydrogen (secondary N) is 1. The van der Waals surface area contributed by atoms with E-state index >= 15 is 0 Å². The molecule has 0 radical (unpaired) electrons. The number of alkyl halides is 3. The zero-order valence-electron chi connectivity index (χ0n) is 15.5. The molecule has 1 N–H and O–H groups in total. The molecule has 1 atom stereocenters. The predicted molar refractivity (Wildman–Crippen MR) is 100 cm³/mol. The molecule has 1 saturated heterocycles. The number of hydrogen-bond acceptors (Lipinski definition) is 7. The number of nitrogens with zero attached hydrogens (tertiary/aromatic N) is 5. The summed E-state index contributed by atoms with van der Waals surface area (Å²) in [6.45, 7) is 4.81. The molecule has 2 aromatic heterocycles. The molecule has 3 heterocycles. The average molecular weight is 400 g/mol. The zero-order chi connectivity index (χ0) is 19.6. The van der Waals surface area contributed by atoms with Crippen molar-refractivity contribution in [2.45, 2.75) is 25.6 Å². The lowest BCUT2D eigenvalue weighted by atomic mass is 10.2. The van der Waals surface area contributed by atoms with Crippen LogP contribution in [0.25, 0.3) is 11.3 Å². The SMILES string of the molecule is CC1CN(c2sc(C(F)(F)F)nc2-c2cnc(CCN(C)C)nc2)CCN1. The summed E-state index contributed by atoms with van der Waals surface area (Å²) in [5, 5.41) is 2.99. The molecular formula is C17H23F3N6S. The Bertz CT molecular complexity index is 759. The van der Waals surface area contributed by atoms with Gasteiger partial charge in [0.05, 0.1) is 0 Å². The van der Waals surface area contributed by atoms with Gasteiger partial charge in [0.25, 0.3) is 0 Å². The molecule has 1 fully saturated rings. The van der Waals surface area contributed by atoms with Crippen molar-refractivity contribution in [1.82, 2.24) is 25.2 Å². The van der Waals surface area contributed by atoms with Crippen LogP contribution < -0.4 is 10.2 Å². The average Bonchev–Trinajstić information content (AvgIpc) is 3.06. The topological polar surface area (TPSA) is 57.2 Å². The maximum Gasteiger partial charge on any atom is 0.443 e. The van der Waals surface area contributed by atoms with E-state index in [1.165, 1.54) is 0 Å².